The maximum Gasteiger partial charge on any atom is 0.281 e. The van der Waals surface area contributed by atoms with Gasteiger partial charge in [-0.15, -0.1) is 0 Å². The molecule has 2 fully saturated rings. The van der Waals surface area contributed by atoms with Gasteiger partial charge in [-0.3, -0.25) is 0 Å². The van der Waals surface area contributed by atoms with E-state index in [0.717, 1.165) is 43.6 Å². The third-order valence-electron chi connectivity index (χ3n) is 4.99. The molecule has 9 nitrogen and oxygen atoms in total. The molecule has 1 aromatic rings. The number of aromatic nitrogens is 2. The third kappa shape index (κ3) is 4.08. The molecule has 0 atom stereocenters. The second kappa shape index (κ2) is 7.63. The molecule has 1 aromatic heterocycles. The first kappa shape index (κ1) is 19.3. The average Bonchev–Trinajstić information content (AvgIpc) is 2.62. The van der Waals surface area contributed by atoms with Crippen LogP contribution in [0, 0.1) is 6.92 Å². The lowest BCUT2D eigenvalue weighted by atomic mass is 10.3. The average molecular weight is 384 g/mol. The smallest absolute Gasteiger partial charge is 0.281 e. The highest BCUT2D eigenvalue weighted by Crippen LogP contribution is 2.22. The van der Waals surface area contributed by atoms with Crippen LogP contribution in [0.2, 0.25) is 0 Å². The lowest BCUT2D eigenvalue weighted by Gasteiger charge is -2.37. The Kier molecular flexibility index (Phi) is 5.66. The summed E-state index contributed by atoms with van der Waals surface area (Å²) >= 11 is 0. The predicted molar refractivity (Wildman–Crippen MR) is 103 cm³/mol. The Morgan fingerprint density at radius 1 is 0.885 bits per heavy atom. The summed E-state index contributed by atoms with van der Waals surface area (Å²) in [5, 5.41) is 0. The van der Waals surface area contributed by atoms with Gasteiger partial charge in [0.05, 0.1) is 0 Å². The Morgan fingerprint density at radius 3 is 1.81 bits per heavy atom. The standard InChI is InChI=1S/C16H29N7O2S/c1-14-17-15(21-7-5-20(4)6-8-21)13-16(18-14)22-9-11-23(12-10-22)26(24,25)19(2)3/h13H,5-12H2,1-4H3. The second-order valence-electron chi connectivity index (χ2n) is 7.10. The van der Waals surface area contributed by atoms with E-state index in [-0.39, 0.29) is 0 Å². The van der Waals surface area contributed by atoms with Gasteiger partial charge in [-0.25, -0.2) is 9.97 Å². The maximum absolute atomic E-state index is 12.3. The van der Waals surface area contributed by atoms with E-state index in [1.54, 1.807) is 14.1 Å². The quantitative estimate of drug-likeness (QED) is 0.691. The van der Waals surface area contributed by atoms with Crippen molar-refractivity contribution in [3.8, 4) is 0 Å². The zero-order chi connectivity index (χ0) is 18.9. The topological polar surface area (TPSA) is 76.1 Å². The van der Waals surface area contributed by atoms with Gasteiger partial charge in [0, 0.05) is 72.5 Å². The van der Waals surface area contributed by atoms with Crippen molar-refractivity contribution in [2.45, 2.75) is 6.92 Å². The Hall–Kier alpha value is -1.49. The first-order chi connectivity index (χ1) is 12.3. The fourth-order valence-electron chi connectivity index (χ4n) is 3.27. The molecule has 0 saturated carbocycles. The van der Waals surface area contributed by atoms with Crippen molar-refractivity contribution >= 4 is 21.8 Å². The molecule has 10 heteroatoms. The number of hydrogen-bond donors (Lipinski definition) is 0. The van der Waals surface area contributed by atoms with Crippen LogP contribution in [0.5, 0.6) is 0 Å². The van der Waals surface area contributed by atoms with Crippen LogP contribution in [0.15, 0.2) is 6.07 Å². The highest BCUT2D eigenvalue weighted by molar-refractivity contribution is 7.86. The van der Waals surface area contributed by atoms with Crippen LogP contribution in [0.4, 0.5) is 11.6 Å². The number of likely N-dealkylation sites (N-methyl/N-ethyl adjacent to an activating group) is 1. The molecule has 2 aliphatic heterocycles. The van der Waals surface area contributed by atoms with Crippen LogP contribution >= 0.6 is 0 Å². The summed E-state index contributed by atoms with van der Waals surface area (Å²) in [5.41, 5.74) is 0. The molecule has 0 amide bonds. The van der Waals surface area contributed by atoms with Gasteiger partial charge in [-0.05, 0) is 14.0 Å². The number of anilines is 2. The minimum Gasteiger partial charge on any atom is -0.354 e. The van der Waals surface area contributed by atoms with Crippen LogP contribution in [-0.4, -0.2) is 105 Å². The SMILES string of the molecule is Cc1nc(N2CCN(C)CC2)cc(N2CCN(S(=O)(=O)N(C)C)CC2)n1. The van der Waals surface area contributed by atoms with Crippen LogP contribution in [0.1, 0.15) is 5.82 Å². The van der Waals surface area contributed by atoms with E-state index in [0.29, 0.717) is 26.2 Å². The van der Waals surface area contributed by atoms with Crippen molar-refractivity contribution < 1.29 is 8.42 Å². The monoisotopic (exact) mass is 383 g/mol. The van der Waals surface area contributed by atoms with Crippen molar-refractivity contribution in [3.05, 3.63) is 11.9 Å². The molecule has 0 aromatic carbocycles. The van der Waals surface area contributed by atoms with E-state index in [4.69, 9.17) is 0 Å². The Bertz CT molecular complexity index is 724. The highest BCUT2D eigenvalue weighted by atomic mass is 32.2. The van der Waals surface area contributed by atoms with E-state index in [1.807, 2.05) is 13.0 Å². The van der Waals surface area contributed by atoms with Gasteiger partial charge >= 0.3 is 0 Å². The number of piperazine rings is 2. The molecule has 2 aliphatic rings. The van der Waals surface area contributed by atoms with Gasteiger partial charge in [0.15, 0.2) is 0 Å². The van der Waals surface area contributed by atoms with Gasteiger partial charge < -0.3 is 14.7 Å². The van der Waals surface area contributed by atoms with E-state index in [9.17, 15) is 8.42 Å². The van der Waals surface area contributed by atoms with Crippen LogP contribution < -0.4 is 9.80 Å². The summed E-state index contributed by atoms with van der Waals surface area (Å²) in [5.74, 6) is 2.59. The van der Waals surface area contributed by atoms with Gasteiger partial charge in [0.1, 0.15) is 17.5 Å². The zero-order valence-corrected chi connectivity index (χ0v) is 16.9. The summed E-state index contributed by atoms with van der Waals surface area (Å²) in [7, 11) is 1.92. The Balaban J connectivity index is 1.71. The van der Waals surface area contributed by atoms with Crippen molar-refractivity contribution in [2.24, 2.45) is 0 Å². The van der Waals surface area contributed by atoms with Gasteiger partial charge in [-0.1, -0.05) is 0 Å². The molecular formula is C16H29N7O2S. The van der Waals surface area contributed by atoms with Crippen LogP contribution in [0.25, 0.3) is 0 Å². The Morgan fingerprint density at radius 2 is 1.35 bits per heavy atom. The van der Waals surface area contributed by atoms with Crippen molar-refractivity contribution in [2.75, 3.05) is 83.3 Å². The predicted octanol–water partition coefficient (Wildman–Crippen LogP) is -0.535. The molecule has 146 valence electrons. The fraction of sp³-hybridized carbons (Fsp3) is 0.750. The number of nitrogens with zero attached hydrogens (tertiary/aromatic N) is 7. The van der Waals surface area contributed by atoms with E-state index in [2.05, 4.69) is 31.7 Å². The fourth-order valence-corrected chi connectivity index (χ4v) is 4.36. The molecular weight excluding hydrogens is 354 g/mol. The zero-order valence-electron chi connectivity index (χ0n) is 16.1. The summed E-state index contributed by atoms with van der Waals surface area (Å²) in [6.07, 6.45) is 0. The largest absolute Gasteiger partial charge is 0.354 e. The molecule has 26 heavy (non-hydrogen) atoms. The first-order valence-corrected chi connectivity index (χ1v) is 10.4. The highest BCUT2D eigenvalue weighted by Gasteiger charge is 2.29. The minimum atomic E-state index is -3.35. The second-order valence-corrected chi connectivity index (χ2v) is 9.24. The van der Waals surface area contributed by atoms with E-state index < -0.39 is 10.2 Å². The minimum absolute atomic E-state index is 0.466. The summed E-state index contributed by atoms with van der Waals surface area (Å²) in [6.45, 7) is 8.08. The van der Waals surface area contributed by atoms with Crippen molar-refractivity contribution in [1.82, 2.24) is 23.5 Å². The summed E-state index contributed by atoms with van der Waals surface area (Å²) in [6, 6.07) is 2.04. The van der Waals surface area contributed by atoms with Gasteiger partial charge in [0.25, 0.3) is 10.2 Å². The molecule has 0 spiro atoms. The van der Waals surface area contributed by atoms with Gasteiger partial charge in [0.2, 0.25) is 0 Å². The lowest BCUT2D eigenvalue weighted by Crippen LogP contribution is -2.52. The summed E-state index contributed by atoms with van der Waals surface area (Å²) < 4.78 is 27.3. The third-order valence-corrected chi connectivity index (χ3v) is 6.93. The maximum atomic E-state index is 12.3. The number of hydrogen-bond acceptors (Lipinski definition) is 7. The first-order valence-electron chi connectivity index (χ1n) is 8.99. The molecule has 0 radical (unpaired) electrons. The normalized spacial score (nSPS) is 20.8. The van der Waals surface area contributed by atoms with E-state index in [1.165, 1.54) is 8.61 Å². The van der Waals surface area contributed by atoms with Crippen LogP contribution in [-0.2, 0) is 10.2 Å². The van der Waals surface area contributed by atoms with E-state index >= 15 is 0 Å². The molecule has 2 saturated heterocycles. The van der Waals surface area contributed by atoms with Crippen molar-refractivity contribution in [1.29, 1.82) is 0 Å². The molecule has 3 rings (SSSR count). The molecule has 0 N–H and O–H groups in total. The Labute approximate surface area is 156 Å². The lowest BCUT2D eigenvalue weighted by molar-refractivity contribution is 0.312. The molecule has 3 heterocycles. The number of rotatable bonds is 4. The molecule has 0 aliphatic carbocycles. The molecule has 0 bridgehead atoms. The van der Waals surface area contributed by atoms with Crippen LogP contribution in [0.3, 0.4) is 0 Å². The van der Waals surface area contributed by atoms with Gasteiger partial charge in [-0.2, -0.15) is 17.0 Å². The molecule has 0 unspecified atom stereocenters. The summed E-state index contributed by atoms with van der Waals surface area (Å²) in [4.78, 5) is 16.0. The van der Waals surface area contributed by atoms with Crippen molar-refractivity contribution in [3.63, 3.8) is 0 Å². The number of aryl methyl sites for hydroxylation is 1.